The second-order valence-corrected chi connectivity index (χ2v) is 5.70. The molecule has 0 bridgehead atoms. The van der Waals surface area contributed by atoms with Gasteiger partial charge >= 0.3 is 0 Å². The smallest absolute Gasteiger partial charge is 0.242 e. The first-order chi connectivity index (χ1) is 8.65. The molecule has 0 aromatic heterocycles. The van der Waals surface area contributed by atoms with Crippen LogP contribution in [0.3, 0.4) is 0 Å². The Labute approximate surface area is 107 Å². The summed E-state index contributed by atoms with van der Waals surface area (Å²) in [6.45, 7) is 0. The zero-order valence-electron chi connectivity index (χ0n) is 10.5. The predicted octanol–water partition coefficient (Wildman–Crippen LogP) is 1.80. The Balaban J connectivity index is 2.21. The van der Waals surface area contributed by atoms with E-state index in [9.17, 15) is 20.0 Å². The summed E-state index contributed by atoms with van der Waals surface area (Å²) in [6.07, 6.45) is 6.25. The van der Waals surface area contributed by atoms with Gasteiger partial charge in [0.1, 0.15) is 12.4 Å². The number of hydrogen-bond acceptors (Lipinski definition) is 4. The molecule has 1 N–H and O–H groups in total. The van der Waals surface area contributed by atoms with Gasteiger partial charge in [-0.05, 0) is 31.6 Å². The molecule has 2 saturated carbocycles. The lowest BCUT2D eigenvalue weighted by Crippen LogP contribution is -2.50. The van der Waals surface area contributed by atoms with Gasteiger partial charge in [0.05, 0.1) is 0 Å². The lowest BCUT2D eigenvalue weighted by atomic mass is 9.65. The zero-order chi connectivity index (χ0) is 13.1. The Morgan fingerprint density at radius 2 is 1.78 bits per heavy atom. The minimum Gasteiger partial charge on any atom is -0.386 e. The van der Waals surface area contributed by atoms with Gasteiger partial charge < -0.3 is 9.90 Å². The van der Waals surface area contributed by atoms with E-state index < -0.39 is 12.1 Å². The van der Waals surface area contributed by atoms with E-state index in [1.165, 1.54) is 6.42 Å². The van der Waals surface area contributed by atoms with Crippen LogP contribution in [0.25, 0.3) is 0 Å². The summed E-state index contributed by atoms with van der Waals surface area (Å²) >= 11 is 0. The average Bonchev–Trinajstić information content (AvgIpc) is 2.39. The van der Waals surface area contributed by atoms with Crippen LogP contribution < -0.4 is 0 Å². The lowest BCUT2D eigenvalue weighted by molar-refractivity contribution is -0.551. The van der Waals surface area contributed by atoms with E-state index in [2.05, 4.69) is 0 Å². The maximum atomic E-state index is 11.2. The fraction of sp³-hybridized carbons (Fsp3) is 0.923. The molecule has 4 atom stereocenters. The molecule has 0 saturated heterocycles. The van der Waals surface area contributed by atoms with E-state index in [0.29, 0.717) is 12.8 Å². The van der Waals surface area contributed by atoms with Crippen LogP contribution in [0.15, 0.2) is 0 Å². The number of nitro groups is 1. The first-order valence-electron chi connectivity index (χ1n) is 6.92. The van der Waals surface area contributed by atoms with Crippen molar-refractivity contribution in [2.24, 2.45) is 17.8 Å². The summed E-state index contributed by atoms with van der Waals surface area (Å²) in [4.78, 5) is 22.0. The quantitative estimate of drug-likeness (QED) is 0.473. The number of aliphatic hydroxyl groups is 1. The highest BCUT2D eigenvalue weighted by atomic mass is 16.6. The van der Waals surface area contributed by atoms with E-state index >= 15 is 0 Å². The van der Waals surface area contributed by atoms with Gasteiger partial charge in [0, 0.05) is 16.8 Å². The molecule has 2 aliphatic rings. The Morgan fingerprint density at radius 3 is 2.33 bits per heavy atom. The van der Waals surface area contributed by atoms with Crippen LogP contribution >= 0.6 is 0 Å². The molecule has 2 rings (SSSR count). The van der Waals surface area contributed by atoms with Crippen molar-refractivity contribution in [2.75, 3.05) is 0 Å². The van der Waals surface area contributed by atoms with Crippen LogP contribution in [-0.4, -0.2) is 28.5 Å². The van der Waals surface area contributed by atoms with Crippen LogP contribution in [0.2, 0.25) is 0 Å². The van der Waals surface area contributed by atoms with Crippen molar-refractivity contribution in [1.82, 2.24) is 0 Å². The third-order valence-corrected chi connectivity index (χ3v) is 4.69. The second-order valence-electron chi connectivity index (χ2n) is 5.70. The minimum atomic E-state index is -0.947. The first kappa shape index (κ1) is 13.5. The molecule has 0 aromatic rings. The summed E-state index contributed by atoms with van der Waals surface area (Å²) in [5.74, 6) is -0.271. The molecule has 0 radical (unpaired) electrons. The molecule has 0 aliphatic heterocycles. The Kier molecular flexibility index (Phi) is 4.32. The third kappa shape index (κ3) is 2.55. The number of aldehydes is 1. The second kappa shape index (κ2) is 5.78. The molecule has 0 unspecified atom stereocenters. The van der Waals surface area contributed by atoms with Gasteiger partial charge in [-0.2, -0.15) is 0 Å². The molecular weight excluding hydrogens is 234 g/mol. The minimum absolute atomic E-state index is 0.235. The van der Waals surface area contributed by atoms with E-state index in [1.807, 2.05) is 0 Å². The first-order valence-corrected chi connectivity index (χ1v) is 6.92. The number of nitrogens with zero attached hydrogens (tertiary/aromatic N) is 1. The van der Waals surface area contributed by atoms with Gasteiger partial charge in [-0.25, -0.2) is 0 Å². The zero-order valence-corrected chi connectivity index (χ0v) is 10.5. The lowest BCUT2D eigenvalue weighted by Gasteiger charge is -2.39. The molecule has 0 amide bonds. The van der Waals surface area contributed by atoms with Crippen molar-refractivity contribution in [3.63, 3.8) is 0 Å². The fourth-order valence-corrected chi connectivity index (χ4v) is 3.82. The number of carbonyl (C=O) groups excluding carboxylic acids is 1. The predicted molar refractivity (Wildman–Crippen MR) is 65.6 cm³/mol. The van der Waals surface area contributed by atoms with E-state index in [4.69, 9.17) is 0 Å². The molecule has 102 valence electrons. The van der Waals surface area contributed by atoms with Crippen molar-refractivity contribution in [3.05, 3.63) is 10.1 Å². The maximum Gasteiger partial charge on any atom is 0.242 e. The largest absolute Gasteiger partial charge is 0.386 e. The molecule has 2 aliphatic carbocycles. The number of aliphatic hydroxyl groups excluding tert-OH is 1. The SMILES string of the molecule is O=C[C@@H]1CC[C@@H](O)[C@@H]([N+](=O)[O-])[C@@H]1C1CCCCC1. The molecule has 5 heteroatoms. The molecular formula is C13H21NO4. The van der Waals surface area contributed by atoms with Gasteiger partial charge in [0.2, 0.25) is 6.04 Å². The molecule has 0 spiro atoms. The van der Waals surface area contributed by atoms with Crippen molar-refractivity contribution < 1.29 is 14.8 Å². The Bertz CT molecular complexity index is 314. The summed E-state index contributed by atoms with van der Waals surface area (Å²) < 4.78 is 0. The molecule has 18 heavy (non-hydrogen) atoms. The van der Waals surface area contributed by atoms with Gasteiger partial charge in [0.25, 0.3) is 0 Å². The highest BCUT2D eigenvalue weighted by Gasteiger charge is 2.49. The van der Waals surface area contributed by atoms with Crippen LogP contribution in [0, 0.1) is 27.9 Å². The highest BCUT2D eigenvalue weighted by Crippen LogP contribution is 2.42. The number of carbonyl (C=O) groups is 1. The molecule has 0 aromatic carbocycles. The topological polar surface area (TPSA) is 80.4 Å². The van der Waals surface area contributed by atoms with Crippen LogP contribution in [0.4, 0.5) is 0 Å². The highest BCUT2D eigenvalue weighted by molar-refractivity contribution is 5.54. The summed E-state index contributed by atoms with van der Waals surface area (Å²) in [5, 5.41) is 21.1. The van der Waals surface area contributed by atoms with Gasteiger partial charge in [0.15, 0.2) is 0 Å². The average molecular weight is 255 g/mol. The Morgan fingerprint density at radius 1 is 1.11 bits per heavy atom. The van der Waals surface area contributed by atoms with Crippen molar-refractivity contribution in [1.29, 1.82) is 0 Å². The van der Waals surface area contributed by atoms with Crippen molar-refractivity contribution >= 4 is 6.29 Å². The van der Waals surface area contributed by atoms with Gasteiger partial charge in [-0.1, -0.05) is 19.3 Å². The van der Waals surface area contributed by atoms with E-state index in [0.717, 1.165) is 32.0 Å². The molecule has 5 nitrogen and oxygen atoms in total. The van der Waals surface area contributed by atoms with E-state index in [1.54, 1.807) is 0 Å². The Hall–Kier alpha value is -0.970. The van der Waals surface area contributed by atoms with Crippen molar-refractivity contribution in [3.8, 4) is 0 Å². The molecule has 2 fully saturated rings. The normalized spacial score (nSPS) is 38.3. The van der Waals surface area contributed by atoms with Crippen LogP contribution in [-0.2, 0) is 4.79 Å². The maximum absolute atomic E-state index is 11.2. The van der Waals surface area contributed by atoms with Crippen molar-refractivity contribution in [2.45, 2.75) is 57.1 Å². The summed E-state index contributed by atoms with van der Waals surface area (Å²) in [6, 6.07) is -0.947. The standard InChI is InChI=1S/C13H21NO4/c15-8-10-6-7-11(16)13(14(17)18)12(10)9-4-2-1-3-5-9/h8-13,16H,1-7H2/t10-,11+,12+,13+/m0/s1. The number of hydrogen-bond donors (Lipinski definition) is 1. The summed E-state index contributed by atoms with van der Waals surface area (Å²) in [7, 11) is 0. The monoisotopic (exact) mass is 255 g/mol. The number of rotatable bonds is 3. The third-order valence-electron chi connectivity index (χ3n) is 4.69. The fourth-order valence-electron chi connectivity index (χ4n) is 3.82. The van der Waals surface area contributed by atoms with Crippen LogP contribution in [0.1, 0.15) is 44.9 Å². The summed E-state index contributed by atoms with van der Waals surface area (Å²) in [5.41, 5.74) is 0. The molecule has 0 heterocycles. The van der Waals surface area contributed by atoms with Gasteiger partial charge in [-0.3, -0.25) is 10.1 Å². The van der Waals surface area contributed by atoms with E-state index in [-0.39, 0.29) is 22.7 Å². The van der Waals surface area contributed by atoms with Gasteiger partial charge in [-0.15, -0.1) is 0 Å². The van der Waals surface area contributed by atoms with Crippen LogP contribution in [0.5, 0.6) is 0 Å².